The monoisotopic (exact) mass is 355 g/mol. The molecular weight excluding hydrogens is 334 g/mol. The quantitative estimate of drug-likeness (QED) is 0.892. The van der Waals surface area contributed by atoms with Crippen LogP contribution in [0.25, 0.3) is 0 Å². The molecule has 0 radical (unpaired) electrons. The fraction of sp³-hybridized carbons (Fsp3) is 0.250. The van der Waals surface area contributed by atoms with Gasteiger partial charge in [-0.05, 0) is 30.7 Å². The Hall–Kier alpha value is -2.24. The van der Waals surface area contributed by atoms with Crippen molar-refractivity contribution in [3.8, 4) is 0 Å². The van der Waals surface area contributed by atoms with Gasteiger partial charge in [0.15, 0.2) is 9.84 Å². The molecular formula is C20H21NO3S. The maximum Gasteiger partial charge on any atom is 0.182 e. The van der Waals surface area contributed by atoms with Crippen LogP contribution in [0.3, 0.4) is 0 Å². The minimum atomic E-state index is -3.40. The van der Waals surface area contributed by atoms with Crippen LogP contribution in [-0.2, 0) is 9.84 Å². The highest BCUT2D eigenvalue weighted by molar-refractivity contribution is 7.91. The first-order valence-electron chi connectivity index (χ1n) is 8.15. The SMILES string of the molecule is C[C@@]1([C@@H](O)c2ccccn2)C=CC=C(CS(=O)(=O)c2ccccc2)C1. The lowest BCUT2D eigenvalue weighted by Crippen LogP contribution is -2.27. The first-order valence-corrected chi connectivity index (χ1v) is 9.80. The van der Waals surface area contributed by atoms with E-state index in [9.17, 15) is 13.5 Å². The summed E-state index contributed by atoms with van der Waals surface area (Å²) >= 11 is 0. The number of benzene rings is 1. The van der Waals surface area contributed by atoms with Gasteiger partial charge < -0.3 is 5.11 Å². The molecule has 0 saturated heterocycles. The number of allylic oxidation sites excluding steroid dienone is 2. The lowest BCUT2D eigenvalue weighted by atomic mass is 9.75. The molecule has 2 aromatic rings. The van der Waals surface area contributed by atoms with E-state index in [0.717, 1.165) is 5.57 Å². The van der Waals surface area contributed by atoms with Crippen LogP contribution in [0.5, 0.6) is 0 Å². The Labute approximate surface area is 148 Å². The van der Waals surface area contributed by atoms with Crippen LogP contribution in [-0.4, -0.2) is 24.3 Å². The molecule has 5 heteroatoms. The first kappa shape index (κ1) is 17.6. The second kappa shape index (κ2) is 6.94. The van der Waals surface area contributed by atoms with Crippen molar-refractivity contribution in [2.45, 2.75) is 24.3 Å². The number of rotatable bonds is 5. The van der Waals surface area contributed by atoms with E-state index in [1.165, 1.54) is 0 Å². The lowest BCUT2D eigenvalue weighted by molar-refractivity contribution is 0.0652. The zero-order chi connectivity index (χ0) is 17.9. The number of nitrogens with zero attached hydrogens (tertiary/aromatic N) is 1. The number of sulfone groups is 1. The van der Waals surface area contributed by atoms with Gasteiger partial charge >= 0.3 is 0 Å². The maximum atomic E-state index is 12.6. The Balaban J connectivity index is 1.80. The molecule has 1 aliphatic carbocycles. The van der Waals surface area contributed by atoms with E-state index in [4.69, 9.17) is 0 Å². The van der Waals surface area contributed by atoms with E-state index in [0.29, 0.717) is 17.0 Å². The molecule has 0 spiro atoms. The van der Waals surface area contributed by atoms with Crippen molar-refractivity contribution < 1.29 is 13.5 Å². The summed E-state index contributed by atoms with van der Waals surface area (Å²) in [5.41, 5.74) is 0.774. The molecule has 2 atom stereocenters. The standard InChI is InChI=1S/C20H21NO3S/c1-20(19(22)18-11-5-6-13-21-18)12-7-8-16(14-20)15-25(23,24)17-9-3-2-4-10-17/h2-13,19,22H,14-15H2,1H3/t19-,20+/m0/s1. The average Bonchev–Trinajstić information content (AvgIpc) is 2.62. The predicted molar refractivity (Wildman–Crippen MR) is 97.6 cm³/mol. The first-order chi connectivity index (χ1) is 11.9. The largest absolute Gasteiger partial charge is 0.386 e. The second-order valence-electron chi connectivity index (χ2n) is 6.60. The Morgan fingerprint density at radius 3 is 2.56 bits per heavy atom. The van der Waals surface area contributed by atoms with Gasteiger partial charge in [-0.15, -0.1) is 0 Å². The van der Waals surface area contributed by atoms with E-state index < -0.39 is 21.4 Å². The third kappa shape index (κ3) is 3.89. The Kier molecular flexibility index (Phi) is 4.88. The van der Waals surface area contributed by atoms with Crippen molar-refractivity contribution in [1.82, 2.24) is 4.98 Å². The van der Waals surface area contributed by atoms with Gasteiger partial charge in [-0.3, -0.25) is 4.98 Å². The van der Waals surface area contributed by atoms with E-state index in [2.05, 4.69) is 4.98 Å². The third-order valence-corrected chi connectivity index (χ3v) is 6.23. The highest BCUT2D eigenvalue weighted by Crippen LogP contribution is 2.42. The Morgan fingerprint density at radius 1 is 1.16 bits per heavy atom. The van der Waals surface area contributed by atoms with Crippen LogP contribution >= 0.6 is 0 Å². The topological polar surface area (TPSA) is 67.3 Å². The molecule has 1 aromatic heterocycles. The molecule has 4 nitrogen and oxygen atoms in total. The third-order valence-electron chi connectivity index (χ3n) is 4.49. The van der Waals surface area contributed by atoms with Crippen LogP contribution in [0, 0.1) is 5.41 Å². The number of aliphatic hydroxyl groups excluding tert-OH is 1. The highest BCUT2D eigenvalue weighted by Gasteiger charge is 2.35. The minimum Gasteiger partial charge on any atom is -0.386 e. The molecule has 0 unspecified atom stereocenters. The van der Waals surface area contributed by atoms with Crippen molar-refractivity contribution in [2.75, 3.05) is 5.75 Å². The van der Waals surface area contributed by atoms with Crippen LogP contribution in [0.2, 0.25) is 0 Å². The molecule has 1 aromatic carbocycles. The van der Waals surface area contributed by atoms with Crippen LogP contribution in [0.15, 0.2) is 83.4 Å². The van der Waals surface area contributed by atoms with Gasteiger partial charge in [0.25, 0.3) is 0 Å². The summed E-state index contributed by atoms with van der Waals surface area (Å²) in [5, 5.41) is 10.7. The number of aliphatic hydroxyl groups is 1. The summed E-state index contributed by atoms with van der Waals surface area (Å²) in [6, 6.07) is 13.9. The summed E-state index contributed by atoms with van der Waals surface area (Å²) in [6.45, 7) is 1.92. The Morgan fingerprint density at radius 2 is 1.88 bits per heavy atom. The van der Waals surface area contributed by atoms with Crippen molar-refractivity contribution in [3.05, 3.63) is 84.2 Å². The molecule has 0 bridgehead atoms. The van der Waals surface area contributed by atoms with E-state index >= 15 is 0 Å². The van der Waals surface area contributed by atoms with Crippen LogP contribution in [0.1, 0.15) is 25.1 Å². The fourth-order valence-corrected chi connectivity index (χ4v) is 4.55. The summed E-state index contributed by atoms with van der Waals surface area (Å²) in [4.78, 5) is 4.54. The molecule has 25 heavy (non-hydrogen) atoms. The molecule has 3 rings (SSSR count). The maximum absolute atomic E-state index is 12.6. The molecule has 130 valence electrons. The molecule has 0 saturated carbocycles. The van der Waals surface area contributed by atoms with Crippen LogP contribution < -0.4 is 0 Å². The van der Waals surface area contributed by atoms with Gasteiger partial charge in [0, 0.05) is 11.6 Å². The van der Waals surface area contributed by atoms with Gasteiger partial charge in [0.05, 0.1) is 16.3 Å². The van der Waals surface area contributed by atoms with E-state index in [-0.39, 0.29) is 5.75 Å². The van der Waals surface area contributed by atoms with Gasteiger partial charge in [-0.25, -0.2) is 8.42 Å². The lowest BCUT2D eigenvalue weighted by Gasteiger charge is -2.34. The molecule has 1 aliphatic rings. The second-order valence-corrected chi connectivity index (χ2v) is 8.59. The van der Waals surface area contributed by atoms with Gasteiger partial charge in [-0.1, -0.05) is 55.0 Å². The fourth-order valence-electron chi connectivity index (χ4n) is 3.13. The summed E-state index contributed by atoms with van der Waals surface area (Å²) < 4.78 is 25.2. The number of hydrogen-bond acceptors (Lipinski definition) is 4. The Bertz CT molecular complexity index is 889. The minimum absolute atomic E-state index is 0.0497. The van der Waals surface area contributed by atoms with E-state index in [1.807, 2.05) is 31.2 Å². The highest BCUT2D eigenvalue weighted by atomic mass is 32.2. The molecule has 1 N–H and O–H groups in total. The van der Waals surface area contributed by atoms with Gasteiger partial charge in [-0.2, -0.15) is 0 Å². The summed E-state index contributed by atoms with van der Waals surface area (Å²) in [5.74, 6) is -0.0497. The summed E-state index contributed by atoms with van der Waals surface area (Å²) in [6.07, 6.45) is 6.88. The number of pyridine rings is 1. The smallest absolute Gasteiger partial charge is 0.182 e. The van der Waals surface area contributed by atoms with Crippen molar-refractivity contribution in [3.63, 3.8) is 0 Å². The van der Waals surface area contributed by atoms with Crippen LogP contribution in [0.4, 0.5) is 0 Å². The molecule has 0 amide bonds. The molecule has 1 heterocycles. The normalized spacial score (nSPS) is 21.6. The predicted octanol–water partition coefficient (Wildman–Crippen LogP) is 3.48. The van der Waals surface area contributed by atoms with Crippen molar-refractivity contribution >= 4 is 9.84 Å². The average molecular weight is 355 g/mol. The zero-order valence-electron chi connectivity index (χ0n) is 14.0. The van der Waals surface area contributed by atoms with E-state index in [1.54, 1.807) is 48.7 Å². The van der Waals surface area contributed by atoms with Gasteiger partial charge in [0.2, 0.25) is 0 Å². The number of hydrogen-bond donors (Lipinski definition) is 1. The van der Waals surface area contributed by atoms with Gasteiger partial charge in [0.1, 0.15) is 6.10 Å². The van der Waals surface area contributed by atoms with Crippen molar-refractivity contribution in [1.29, 1.82) is 0 Å². The summed E-state index contributed by atoms with van der Waals surface area (Å²) in [7, 11) is -3.40. The molecule has 0 aliphatic heterocycles. The number of aromatic nitrogens is 1. The van der Waals surface area contributed by atoms with Crippen molar-refractivity contribution in [2.24, 2.45) is 5.41 Å². The zero-order valence-corrected chi connectivity index (χ0v) is 14.9. The molecule has 0 fully saturated rings.